The van der Waals surface area contributed by atoms with E-state index in [0.29, 0.717) is 6.54 Å². The summed E-state index contributed by atoms with van der Waals surface area (Å²) in [6.45, 7) is 4.75. The molecule has 8 heteroatoms. The third-order valence-electron chi connectivity index (χ3n) is 5.00. The van der Waals surface area contributed by atoms with Crippen molar-refractivity contribution in [2.75, 3.05) is 19.6 Å². The van der Waals surface area contributed by atoms with Crippen molar-refractivity contribution in [3.63, 3.8) is 0 Å². The van der Waals surface area contributed by atoms with Gasteiger partial charge in [0.2, 0.25) is 15.9 Å². The van der Waals surface area contributed by atoms with Crippen molar-refractivity contribution in [2.45, 2.75) is 37.2 Å². The van der Waals surface area contributed by atoms with Gasteiger partial charge in [-0.15, -0.1) is 0 Å². The van der Waals surface area contributed by atoms with Crippen molar-refractivity contribution in [3.8, 4) is 0 Å². The lowest BCUT2D eigenvalue weighted by Gasteiger charge is -2.31. The van der Waals surface area contributed by atoms with Gasteiger partial charge in [0, 0.05) is 44.5 Å². The topological polar surface area (TPSA) is 91.4 Å². The highest BCUT2D eigenvalue weighted by Crippen LogP contribution is 2.14. The van der Waals surface area contributed by atoms with E-state index in [9.17, 15) is 13.2 Å². The summed E-state index contributed by atoms with van der Waals surface area (Å²) in [7, 11) is -3.46. The van der Waals surface area contributed by atoms with Crippen LogP contribution in [-0.4, -0.2) is 49.9 Å². The van der Waals surface area contributed by atoms with Gasteiger partial charge in [-0.3, -0.25) is 14.7 Å². The van der Waals surface area contributed by atoms with Crippen molar-refractivity contribution in [2.24, 2.45) is 0 Å². The van der Waals surface area contributed by atoms with Crippen molar-refractivity contribution < 1.29 is 13.2 Å². The molecule has 2 N–H and O–H groups in total. The molecule has 2 aromatic rings. The predicted molar refractivity (Wildman–Crippen MR) is 117 cm³/mol. The lowest BCUT2D eigenvalue weighted by Crippen LogP contribution is -2.43. The SMILES string of the molecule is CCNS(=O)(=O)c1ccc(C=CC(=O)NC2CCN(Cc3ccccn3)CC2)cc1. The number of hydrogen-bond acceptors (Lipinski definition) is 5. The van der Waals surface area contributed by atoms with Crippen LogP contribution in [0.4, 0.5) is 0 Å². The molecule has 1 aliphatic rings. The molecule has 0 bridgehead atoms. The zero-order valence-corrected chi connectivity index (χ0v) is 17.9. The number of nitrogens with zero attached hydrogens (tertiary/aromatic N) is 2. The molecule has 1 aromatic heterocycles. The Morgan fingerprint density at radius 1 is 1.17 bits per heavy atom. The highest BCUT2D eigenvalue weighted by Gasteiger charge is 2.20. The molecule has 1 amide bonds. The summed E-state index contributed by atoms with van der Waals surface area (Å²) in [6.07, 6.45) is 6.80. The maximum absolute atomic E-state index is 12.2. The molecule has 0 saturated carbocycles. The van der Waals surface area contributed by atoms with Crippen LogP contribution in [0.5, 0.6) is 0 Å². The van der Waals surface area contributed by atoms with Crippen LogP contribution in [0.3, 0.4) is 0 Å². The minimum absolute atomic E-state index is 0.137. The first-order valence-electron chi connectivity index (χ1n) is 10.2. The number of piperidine rings is 1. The van der Waals surface area contributed by atoms with Crippen LogP contribution in [0.15, 0.2) is 59.6 Å². The van der Waals surface area contributed by atoms with Gasteiger partial charge < -0.3 is 5.32 Å². The maximum atomic E-state index is 12.2. The first kappa shape index (κ1) is 22.1. The van der Waals surface area contributed by atoms with E-state index in [1.54, 1.807) is 25.1 Å². The smallest absolute Gasteiger partial charge is 0.244 e. The molecule has 1 aromatic carbocycles. The lowest BCUT2D eigenvalue weighted by atomic mass is 10.0. The third-order valence-corrected chi connectivity index (χ3v) is 6.56. The van der Waals surface area contributed by atoms with Crippen molar-refractivity contribution in [3.05, 3.63) is 66.0 Å². The fourth-order valence-electron chi connectivity index (χ4n) is 3.41. The Hall–Kier alpha value is -2.55. The van der Waals surface area contributed by atoms with Gasteiger partial charge in [-0.05, 0) is 48.7 Å². The van der Waals surface area contributed by atoms with Crippen LogP contribution >= 0.6 is 0 Å². The number of likely N-dealkylation sites (tertiary alicyclic amines) is 1. The van der Waals surface area contributed by atoms with Crippen molar-refractivity contribution >= 4 is 22.0 Å². The number of hydrogen-bond donors (Lipinski definition) is 2. The van der Waals surface area contributed by atoms with E-state index >= 15 is 0 Å². The lowest BCUT2D eigenvalue weighted by molar-refractivity contribution is -0.117. The predicted octanol–water partition coefficient (Wildman–Crippen LogP) is 2.17. The molecule has 1 saturated heterocycles. The molecular weight excluding hydrogens is 400 g/mol. The Kier molecular flexibility index (Phi) is 7.73. The normalized spacial score (nSPS) is 16.0. The van der Waals surface area contributed by atoms with E-state index in [1.807, 2.05) is 24.4 Å². The van der Waals surface area contributed by atoms with E-state index in [-0.39, 0.29) is 16.8 Å². The standard InChI is InChI=1S/C22H28N4O3S/c1-2-24-30(28,29)21-9-6-18(7-10-21)8-11-22(27)25-19-12-15-26(16-13-19)17-20-5-3-4-14-23-20/h3-11,14,19,24H,2,12-13,15-17H2,1H3,(H,25,27). The van der Waals surface area contributed by atoms with Crippen LogP contribution in [-0.2, 0) is 21.4 Å². The molecule has 1 aliphatic heterocycles. The number of amides is 1. The summed E-state index contributed by atoms with van der Waals surface area (Å²) >= 11 is 0. The first-order chi connectivity index (χ1) is 14.5. The third kappa shape index (κ3) is 6.48. The number of rotatable bonds is 8. The number of aromatic nitrogens is 1. The van der Waals surface area contributed by atoms with E-state index in [2.05, 4.69) is 19.9 Å². The summed E-state index contributed by atoms with van der Waals surface area (Å²) in [5.74, 6) is -0.137. The van der Waals surface area contributed by atoms with Crippen LogP contribution in [0.2, 0.25) is 0 Å². The molecule has 0 unspecified atom stereocenters. The molecule has 0 radical (unpaired) electrons. The second-order valence-corrected chi connectivity index (χ2v) is 9.05. The number of nitrogens with one attached hydrogen (secondary N) is 2. The van der Waals surface area contributed by atoms with Gasteiger partial charge in [0.15, 0.2) is 0 Å². The Balaban J connectivity index is 1.45. The first-order valence-corrected chi connectivity index (χ1v) is 11.6. The Bertz CT molecular complexity index is 952. The molecule has 3 rings (SSSR count). The number of pyridine rings is 1. The fourth-order valence-corrected chi connectivity index (χ4v) is 4.45. The Morgan fingerprint density at radius 3 is 2.53 bits per heavy atom. The second kappa shape index (κ2) is 10.5. The second-order valence-electron chi connectivity index (χ2n) is 7.28. The van der Waals surface area contributed by atoms with Gasteiger partial charge >= 0.3 is 0 Å². The largest absolute Gasteiger partial charge is 0.350 e. The zero-order chi connectivity index (χ0) is 21.4. The Labute approximate surface area is 178 Å². The van der Waals surface area contributed by atoms with Crippen LogP contribution < -0.4 is 10.0 Å². The molecule has 1 fully saturated rings. The van der Waals surface area contributed by atoms with Crippen LogP contribution in [0, 0.1) is 0 Å². The van der Waals surface area contributed by atoms with Crippen molar-refractivity contribution in [1.29, 1.82) is 0 Å². The minimum Gasteiger partial charge on any atom is -0.350 e. The number of carbonyl (C=O) groups excluding carboxylic acids is 1. The van der Waals surface area contributed by atoms with Crippen LogP contribution in [0.1, 0.15) is 31.0 Å². The monoisotopic (exact) mass is 428 g/mol. The molecule has 0 atom stereocenters. The zero-order valence-electron chi connectivity index (χ0n) is 17.1. The summed E-state index contributed by atoms with van der Waals surface area (Å²) in [5, 5.41) is 3.05. The molecular formula is C22H28N4O3S. The number of carbonyl (C=O) groups is 1. The van der Waals surface area contributed by atoms with Gasteiger partial charge in [0.05, 0.1) is 10.6 Å². The van der Waals surface area contributed by atoms with Gasteiger partial charge in [-0.2, -0.15) is 0 Å². The summed E-state index contributed by atoms with van der Waals surface area (Å²) in [4.78, 5) is 19.2. The van der Waals surface area contributed by atoms with Gasteiger partial charge in [-0.1, -0.05) is 25.1 Å². The molecule has 2 heterocycles. The molecule has 160 valence electrons. The highest BCUT2D eigenvalue weighted by atomic mass is 32.2. The average Bonchev–Trinajstić information content (AvgIpc) is 2.75. The number of sulfonamides is 1. The minimum atomic E-state index is -3.46. The number of benzene rings is 1. The van der Waals surface area contributed by atoms with E-state index in [0.717, 1.165) is 43.7 Å². The van der Waals surface area contributed by atoms with E-state index < -0.39 is 10.0 Å². The Morgan fingerprint density at radius 2 is 1.90 bits per heavy atom. The van der Waals surface area contributed by atoms with Crippen molar-refractivity contribution in [1.82, 2.24) is 19.9 Å². The van der Waals surface area contributed by atoms with E-state index in [1.165, 1.54) is 18.2 Å². The average molecular weight is 429 g/mol. The quantitative estimate of drug-likeness (QED) is 0.629. The molecule has 0 aliphatic carbocycles. The van der Waals surface area contributed by atoms with Crippen LogP contribution in [0.25, 0.3) is 6.08 Å². The molecule has 7 nitrogen and oxygen atoms in total. The summed E-state index contributed by atoms with van der Waals surface area (Å²) < 4.78 is 26.4. The van der Waals surface area contributed by atoms with Gasteiger partial charge in [-0.25, -0.2) is 13.1 Å². The van der Waals surface area contributed by atoms with Gasteiger partial charge in [0.25, 0.3) is 0 Å². The fraction of sp³-hybridized carbons (Fsp3) is 0.364. The maximum Gasteiger partial charge on any atom is 0.244 e. The van der Waals surface area contributed by atoms with Gasteiger partial charge in [0.1, 0.15) is 0 Å². The summed E-state index contributed by atoms with van der Waals surface area (Å²) in [5.41, 5.74) is 1.83. The molecule has 0 spiro atoms. The highest BCUT2D eigenvalue weighted by molar-refractivity contribution is 7.89. The molecule has 30 heavy (non-hydrogen) atoms. The summed E-state index contributed by atoms with van der Waals surface area (Å²) in [6, 6.07) is 12.5. The van der Waals surface area contributed by atoms with E-state index in [4.69, 9.17) is 0 Å².